The molecular formula is C23H27ClN2O3S. The summed E-state index contributed by atoms with van der Waals surface area (Å²) in [7, 11) is 0. The predicted molar refractivity (Wildman–Crippen MR) is 122 cm³/mol. The number of rotatable bonds is 3. The second-order valence-corrected chi connectivity index (χ2v) is 9.67. The molecular weight excluding hydrogens is 420 g/mol. The van der Waals surface area contributed by atoms with Gasteiger partial charge in [0.2, 0.25) is 11.8 Å². The lowest BCUT2D eigenvalue weighted by molar-refractivity contribution is -0.149. The van der Waals surface area contributed by atoms with Crippen LogP contribution in [0.2, 0.25) is 5.02 Å². The van der Waals surface area contributed by atoms with Crippen LogP contribution in [0, 0.1) is 5.92 Å². The largest absolute Gasteiger partial charge is 0.372 e. The zero-order valence-electron chi connectivity index (χ0n) is 17.3. The van der Waals surface area contributed by atoms with Gasteiger partial charge in [-0.3, -0.25) is 9.59 Å². The Kier molecular flexibility index (Phi) is 6.46. The van der Waals surface area contributed by atoms with Gasteiger partial charge in [-0.15, -0.1) is 11.3 Å². The molecule has 1 aromatic heterocycles. The van der Waals surface area contributed by atoms with Crippen molar-refractivity contribution in [3.05, 3.63) is 40.2 Å². The third-order valence-corrected chi connectivity index (χ3v) is 7.48. The number of nitrogens with zero attached hydrogens (tertiary/aromatic N) is 2. The number of amides is 2. The quantitative estimate of drug-likeness (QED) is 0.655. The SMILES string of the molecule is CC1CN(C(=O)C2CCN(C(=O)C=Cc3sc4ccccc4c3Cl)CC2)CC(C)O1. The number of piperidine rings is 1. The first-order valence-corrected chi connectivity index (χ1v) is 11.7. The number of hydrogen-bond acceptors (Lipinski definition) is 4. The third-order valence-electron chi connectivity index (χ3n) is 5.82. The normalized spacial score (nSPS) is 23.4. The Bertz CT molecular complexity index is 955. The fourth-order valence-corrected chi connectivity index (χ4v) is 5.75. The fraction of sp³-hybridized carbons (Fsp3) is 0.478. The molecule has 2 unspecified atom stereocenters. The highest BCUT2D eigenvalue weighted by atomic mass is 35.5. The fourth-order valence-electron chi connectivity index (χ4n) is 4.36. The van der Waals surface area contributed by atoms with E-state index in [4.69, 9.17) is 16.3 Å². The summed E-state index contributed by atoms with van der Waals surface area (Å²) in [6, 6.07) is 7.97. The molecule has 7 heteroatoms. The molecule has 0 bridgehead atoms. The highest BCUT2D eigenvalue weighted by Crippen LogP contribution is 2.36. The monoisotopic (exact) mass is 446 g/mol. The predicted octanol–water partition coefficient (Wildman–Crippen LogP) is 4.44. The first-order chi connectivity index (χ1) is 14.4. The summed E-state index contributed by atoms with van der Waals surface area (Å²) in [5, 5.41) is 1.71. The summed E-state index contributed by atoms with van der Waals surface area (Å²) >= 11 is 8.04. The summed E-state index contributed by atoms with van der Waals surface area (Å²) in [6.07, 6.45) is 4.98. The minimum absolute atomic E-state index is 0.00688. The van der Waals surface area contributed by atoms with Crippen LogP contribution in [0.5, 0.6) is 0 Å². The van der Waals surface area contributed by atoms with Crippen LogP contribution in [-0.4, -0.2) is 60.0 Å². The molecule has 0 spiro atoms. The Hall–Kier alpha value is -1.89. The molecule has 2 fully saturated rings. The summed E-state index contributed by atoms with van der Waals surface area (Å²) < 4.78 is 6.84. The lowest BCUT2D eigenvalue weighted by Gasteiger charge is -2.39. The highest BCUT2D eigenvalue weighted by Gasteiger charge is 2.33. The first kappa shape index (κ1) is 21.3. The number of halogens is 1. The van der Waals surface area contributed by atoms with Crippen LogP contribution >= 0.6 is 22.9 Å². The molecule has 1 aromatic carbocycles. The topological polar surface area (TPSA) is 49.9 Å². The van der Waals surface area contributed by atoms with Gasteiger partial charge in [0.25, 0.3) is 0 Å². The van der Waals surface area contributed by atoms with E-state index in [1.54, 1.807) is 17.4 Å². The number of hydrogen-bond donors (Lipinski definition) is 0. The Morgan fingerprint density at radius 3 is 2.43 bits per heavy atom. The third kappa shape index (κ3) is 4.56. The Labute approximate surface area is 186 Å². The smallest absolute Gasteiger partial charge is 0.246 e. The average molecular weight is 447 g/mol. The van der Waals surface area contributed by atoms with Gasteiger partial charge in [0, 0.05) is 53.1 Å². The molecule has 5 nitrogen and oxygen atoms in total. The molecule has 2 atom stereocenters. The van der Waals surface area contributed by atoms with Crippen molar-refractivity contribution in [1.29, 1.82) is 0 Å². The molecule has 0 aliphatic carbocycles. The minimum Gasteiger partial charge on any atom is -0.372 e. The molecule has 2 aromatic rings. The molecule has 4 rings (SSSR count). The zero-order valence-corrected chi connectivity index (χ0v) is 18.9. The number of fused-ring (bicyclic) bond motifs is 1. The summed E-state index contributed by atoms with van der Waals surface area (Å²) in [5.74, 6) is 0.173. The maximum Gasteiger partial charge on any atom is 0.246 e. The lowest BCUT2D eigenvalue weighted by atomic mass is 9.94. The lowest BCUT2D eigenvalue weighted by Crippen LogP contribution is -2.51. The number of thiophene rings is 1. The Balaban J connectivity index is 1.33. The number of benzene rings is 1. The van der Waals surface area contributed by atoms with E-state index < -0.39 is 0 Å². The van der Waals surface area contributed by atoms with Crippen molar-refractivity contribution in [1.82, 2.24) is 9.80 Å². The number of likely N-dealkylation sites (tertiary alicyclic amines) is 1. The van der Waals surface area contributed by atoms with Crippen LogP contribution < -0.4 is 0 Å². The van der Waals surface area contributed by atoms with E-state index in [1.807, 2.05) is 54.0 Å². The van der Waals surface area contributed by atoms with Crippen molar-refractivity contribution in [3.63, 3.8) is 0 Å². The van der Waals surface area contributed by atoms with E-state index in [-0.39, 0.29) is 29.9 Å². The molecule has 30 heavy (non-hydrogen) atoms. The van der Waals surface area contributed by atoms with Gasteiger partial charge < -0.3 is 14.5 Å². The Morgan fingerprint density at radius 2 is 1.77 bits per heavy atom. The molecule has 2 aliphatic heterocycles. The second-order valence-electron chi connectivity index (χ2n) is 8.21. The van der Waals surface area contributed by atoms with E-state index in [0.717, 1.165) is 15.0 Å². The van der Waals surface area contributed by atoms with Crippen LogP contribution in [-0.2, 0) is 14.3 Å². The molecule has 2 saturated heterocycles. The second kappa shape index (κ2) is 9.08. The molecule has 2 amide bonds. The molecule has 0 saturated carbocycles. The van der Waals surface area contributed by atoms with Crippen LogP contribution in [0.15, 0.2) is 30.3 Å². The molecule has 160 valence electrons. The number of morpholine rings is 1. The highest BCUT2D eigenvalue weighted by molar-refractivity contribution is 7.20. The first-order valence-electron chi connectivity index (χ1n) is 10.5. The van der Waals surface area contributed by atoms with Gasteiger partial charge >= 0.3 is 0 Å². The zero-order chi connectivity index (χ0) is 21.3. The molecule has 2 aliphatic rings. The standard InChI is InChI=1S/C23H27ClN2O3S/c1-15-13-26(14-16(2)29-15)23(28)17-9-11-25(12-10-17)21(27)8-7-20-22(24)18-5-3-4-6-19(18)30-20/h3-8,15-17H,9-14H2,1-2H3. The van der Waals surface area contributed by atoms with Crippen LogP contribution in [0.3, 0.4) is 0 Å². The van der Waals surface area contributed by atoms with Crippen molar-refractivity contribution in [2.75, 3.05) is 26.2 Å². The van der Waals surface area contributed by atoms with Gasteiger partial charge in [-0.1, -0.05) is 29.8 Å². The van der Waals surface area contributed by atoms with E-state index in [9.17, 15) is 9.59 Å². The summed E-state index contributed by atoms with van der Waals surface area (Å²) in [6.45, 7) is 6.53. The number of ether oxygens (including phenoxy) is 1. The molecule has 0 radical (unpaired) electrons. The minimum atomic E-state index is -0.0250. The number of carbonyl (C=O) groups is 2. The van der Waals surface area contributed by atoms with E-state index in [0.29, 0.717) is 44.0 Å². The van der Waals surface area contributed by atoms with Gasteiger partial charge in [0.15, 0.2) is 0 Å². The molecule has 0 N–H and O–H groups in total. The van der Waals surface area contributed by atoms with E-state index >= 15 is 0 Å². The maximum absolute atomic E-state index is 12.9. The van der Waals surface area contributed by atoms with Crippen molar-refractivity contribution >= 4 is 50.9 Å². The molecule has 3 heterocycles. The van der Waals surface area contributed by atoms with Crippen molar-refractivity contribution in [2.45, 2.75) is 38.9 Å². The van der Waals surface area contributed by atoms with Crippen molar-refractivity contribution in [2.24, 2.45) is 5.92 Å². The number of carbonyl (C=O) groups excluding carboxylic acids is 2. The van der Waals surface area contributed by atoms with Crippen LogP contribution in [0.1, 0.15) is 31.6 Å². The van der Waals surface area contributed by atoms with Gasteiger partial charge in [-0.25, -0.2) is 0 Å². The summed E-state index contributed by atoms with van der Waals surface area (Å²) in [5.41, 5.74) is 0. The van der Waals surface area contributed by atoms with Crippen LogP contribution in [0.25, 0.3) is 16.2 Å². The summed E-state index contributed by atoms with van der Waals surface area (Å²) in [4.78, 5) is 30.2. The van der Waals surface area contributed by atoms with Gasteiger partial charge in [-0.2, -0.15) is 0 Å². The van der Waals surface area contributed by atoms with Gasteiger partial charge in [-0.05, 0) is 38.8 Å². The Morgan fingerprint density at radius 1 is 1.10 bits per heavy atom. The maximum atomic E-state index is 12.9. The average Bonchev–Trinajstić information content (AvgIpc) is 3.07. The van der Waals surface area contributed by atoms with E-state index in [2.05, 4.69) is 0 Å². The van der Waals surface area contributed by atoms with E-state index in [1.165, 1.54) is 0 Å². The van der Waals surface area contributed by atoms with Crippen LogP contribution in [0.4, 0.5) is 0 Å². The van der Waals surface area contributed by atoms with Crippen molar-refractivity contribution in [3.8, 4) is 0 Å². The van der Waals surface area contributed by atoms with Gasteiger partial charge in [0.05, 0.1) is 17.2 Å². The van der Waals surface area contributed by atoms with Gasteiger partial charge in [0.1, 0.15) is 0 Å². The van der Waals surface area contributed by atoms with Crippen molar-refractivity contribution < 1.29 is 14.3 Å².